The SMILES string of the molecule is CCc1cc(Br)ccc1NC(=O)COC(=O)c1ccccc1Cl. The van der Waals surface area contributed by atoms with Crippen LogP contribution < -0.4 is 5.32 Å². The maximum absolute atomic E-state index is 12.0. The first-order chi connectivity index (χ1) is 11.0. The van der Waals surface area contributed by atoms with Crippen LogP contribution >= 0.6 is 27.5 Å². The number of rotatable bonds is 5. The van der Waals surface area contributed by atoms with Gasteiger partial charge in [-0.05, 0) is 42.3 Å². The molecule has 0 saturated carbocycles. The van der Waals surface area contributed by atoms with Crippen LogP contribution in [0.5, 0.6) is 0 Å². The number of hydrogen-bond donors (Lipinski definition) is 1. The number of carbonyl (C=O) groups is 2. The highest BCUT2D eigenvalue weighted by Crippen LogP contribution is 2.21. The van der Waals surface area contributed by atoms with Crippen LogP contribution in [0.1, 0.15) is 22.8 Å². The highest BCUT2D eigenvalue weighted by Gasteiger charge is 2.14. The summed E-state index contributed by atoms with van der Waals surface area (Å²) in [5, 5.41) is 3.03. The average Bonchev–Trinajstić information content (AvgIpc) is 2.54. The van der Waals surface area contributed by atoms with Gasteiger partial charge in [0.15, 0.2) is 6.61 Å². The van der Waals surface area contributed by atoms with Gasteiger partial charge in [-0.15, -0.1) is 0 Å². The third-order valence-corrected chi connectivity index (χ3v) is 3.97. The van der Waals surface area contributed by atoms with Gasteiger partial charge in [-0.25, -0.2) is 4.79 Å². The van der Waals surface area contributed by atoms with Crippen molar-refractivity contribution in [3.63, 3.8) is 0 Å². The summed E-state index contributed by atoms with van der Waals surface area (Å²) in [4.78, 5) is 23.9. The van der Waals surface area contributed by atoms with Crippen molar-refractivity contribution in [1.82, 2.24) is 0 Å². The van der Waals surface area contributed by atoms with Gasteiger partial charge in [0.2, 0.25) is 0 Å². The van der Waals surface area contributed by atoms with Crippen LogP contribution in [0.4, 0.5) is 5.69 Å². The second-order valence-corrected chi connectivity index (χ2v) is 6.08. The number of nitrogens with one attached hydrogen (secondary N) is 1. The van der Waals surface area contributed by atoms with Crippen LogP contribution in [-0.4, -0.2) is 18.5 Å². The molecule has 0 saturated heterocycles. The zero-order valence-electron chi connectivity index (χ0n) is 12.4. The summed E-state index contributed by atoms with van der Waals surface area (Å²) in [6.07, 6.45) is 0.772. The lowest BCUT2D eigenvalue weighted by atomic mass is 10.1. The van der Waals surface area contributed by atoms with Crippen molar-refractivity contribution in [2.75, 3.05) is 11.9 Å². The fraction of sp³-hybridized carbons (Fsp3) is 0.176. The van der Waals surface area contributed by atoms with Crippen molar-refractivity contribution in [2.45, 2.75) is 13.3 Å². The minimum atomic E-state index is -0.628. The first kappa shape index (κ1) is 17.5. The van der Waals surface area contributed by atoms with Crippen LogP contribution in [0.25, 0.3) is 0 Å². The van der Waals surface area contributed by atoms with E-state index in [0.29, 0.717) is 10.7 Å². The lowest BCUT2D eigenvalue weighted by Gasteiger charge is -2.11. The Balaban J connectivity index is 1.96. The molecule has 0 radical (unpaired) electrons. The number of esters is 1. The van der Waals surface area contributed by atoms with Crippen molar-refractivity contribution in [3.8, 4) is 0 Å². The van der Waals surface area contributed by atoms with Gasteiger partial charge >= 0.3 is 5.97 Å². The molecule has 1 amide bonds. The fourth-order valence-corrected chi connectivity index (χ4v) is 2.62. The maximum Gasteiger partial charge on any atom is 0.340 e. The molecular formula is C17H15BrClNO3. The number of benzene rings is 2. The number of anilines is 1. The third-order valence-electron chi connectivity index (χ3n) is 3.15. The van der Waals surface area contributed by atoms with Gasteiger partial charge in [-0.3, -0.25) is 4.79 Å². The van der Waals surface area contributed by atoms with E-state index >= 15 is 0 Å². The fourth-order valence-electron chi connectivity index (χ4n) is 2.00. The van der Waals surface area contributed by atoms with Crippen molar-refractivity contribution in [1.29, 1.82) is 0 Å². The standard InChI is InChI=1S/C17H15BrClNO3/c1-2-11-9-12(18)7-8-15(11)20-16(21)10-23-17(22)13-5-3-4-6-14(13)19/h3-9H,2,10H2,1H3,(H,20,21). The van der Waals surface area contributed by atoms with Crippen molar-refractivity contribution < 1.29 is 14.3 Å². The molecule has 2 aromatic rings. The zero-order valence-corrected chi connectivity index (χ0v) is 14.8. The van der Waals surface area contributed by atoms with Crippen molar-refractivity contribution in [3.05, 3.63) is 63.1 Å². The van der Waals surface area contributed by atoms with Crippen LogP contribution in [0, 0.1) is 0 Å². The van der Waals surface area contributed by atoms with E-state index in [4.69, 9.17) is 16.3 Å². The molecule has 0 aliphatic heterocycles. The molecule has 0 aliphatic carbocycles. The molecule has 0 spiro atoms. The molecular weight excluding hydrogens is 382 g/mol. The maximum atomic E-state index is 12.0. The molecule has 2 aromatic carbocycles. The zero-order chi connectivity index (χ0) is 16.8. The Kier molecular flexibility index (Phi) is 6.19. The topological polar surface area (TPSA) is 55.4 Å². The second-order valence-electron chi connectivity index (χ2n) is 4.76. The molecule has 0 fully saturated rings. The first-order valence-corrected chi connectivity index (χ1v) is 8.18. The normalized spacial score (nSPS) is 10.2. The highest BCUT2D eigenvalue weighted by molar-refractivity contribution is 9.10. The number of halogens is 2. The van der Waals surface area contributed by atoms with Crippen LogP contribution in [0.15, 0.2) is 46.9 Å². The summed E-state index contributed by atoms with van der Waals surface area (Å²) in [5.41, 5.74) is 1.93. The summed E-state index contributed by atoms with van der Waals surface area (Å²) in [5.74, 6) is -1.03. The summed E-state index contributed by atoms with van der Waals surface area (Å²) in [6, 6.07) is 12.1. The van der Waals surface area contributed by atoms with E-state index in [1.165, 1.54) is 0 Å². The van der Waals surface area contributed by atoms with Crippen LogP contribution in [0.2, 0.25) is 5.02 Å². The molecule has 0 unspecified atom stereocenters. The van der Waals surface area contributed by atoms with E-state index < -0.39 is 11.9 Å². The monoisotopic (exact) mass is 395 g/mol. The molecule has 4 nitrogen and oxygen atoms in total. The van der Waals surface area contributed by atoms with Crippen LogP contribution in [0.3, 0.4) is 0 Å². The molecule has 0 aliphatic rings. The number of amides is 1. The van der Waals surface area contributed by atoms with Gasteiger partial charge in [0.25, 0.3) is 5.91 Å². The molecule has 0 aromatic heterocycles. The Morgan fingerprint density at radius 1 is 1.22 bits per heavy atom. The Hall–Kier alpha value is -1.85. The predicted molar refractivity (Wildman–Crippen MR) is 93.9 cm³/mol. The molecule has 0 heterocycles. The summed E-state index contributed by atoms with van der Waals surface area (Å²) in [7, 11) is 0. The first-order valence-electron chi connectivity index (χ1n) is 7.01. The minimum Gasteiger partial charge on any atom is -0.452 e. The molecule has 6 heteroatoms. The predicted octanol–water partition coefficient (Wildman–Crippen LogP) is 4.46. The molecule has 2 rings (SSSR count). The van der Waals surface area contributed by atoms with Gasteiger partial charge in [-0.2, -0.15) is 0 Å². The van der Waals surface area contributed by atoms with E-state index in [1.54, 1.807) is 30.3 Å². The molecule has 23 heavy (non-hydrogen) atoms. The molecule has 0 bridgehead atoms. The molecule has 0 atom stereocenters. The van der Waals surface area contributed by atoms with Crippen molar-refractivity contribution in [2.24, 2.45) is 0 Å². The number of ether oxygens (including phenoxy) is 1. The Morgan fingerprint density at radius 2 is 1.96 bits per heavy atom. The van der Waals surface area contributed by atoms with Crippen molar-refractivity contribution >= 4 is 45.1 Å². The van der Waals surface area contributed by atoms with E-state index in [1.807, 2.05) is 19.1 Å². The summed E-state index contributed by atoms with van der Waals surface area (Å²) in [6.45, 7) is 1.62. The Morgan fingerprint density at radius 3 is 2.65 bits per heavy atom. The molecule has 1 N–H and O–H groups in total. The van der Waals surface area contributed by atoms with Gasteiger partial charge in [-0.1, -0.05) is 46.6 Å². The van der Waals surface area contributed by atoms with E-state index in [2.05, 4.69) is 21.2 Å². The van der Waals surface area contributed by atoms with Gasteiger partial charge in [0.1, 0.15) is 0 Å². The number of hydrogen-bond acceptors (Lipinski definition) is 3. The quantitative estimate of drug-likeness (QED) is 0.759. The third kappa shape index (κ3) is 4.81. The Labute approximate surface area is 147 Å². The van der Waals surface area contributed by atoms with Gasteiger partial charge in [0.05, 0.1) is 10.6 Å². The molecule has 120 valence electrons. The minimum absolute atomic E-state index is 0.236. The number of aryl methyl sites for hydroxylation is 1. The number of carbonyl (C=O) groups excluding carboxylic acids is 2. The highest BCUT2D eigenvalue weighted by atomic mass is 79.9. The smallest absolute Gasteiger partial charge is 0.340 e. The van der Waals surface area contributed by atoms with E-state index in [-0.39, 0.29) is 12.2 Å². The summed E-state index contributed by atoms with van der Waals surface area (Å²) >= 11 is 9.30. The average molecular weight is 397 g/mol. The second kappa shape index (κ2) is 8.13. The summed E-state index contributed by atoms with van der Waals surface area (Å²) < 4.78 is 5.94. The van der Waals surface area contributed by atoms with Gasteiger partial charge in [0, 0.05) is 10.2 Å². The van der Waals surface area contributed by atoms with E-state index in [9.17, 15) is 9.59 Å². The largest absolute Gasteiger partial charge is 0.452 e. The van der Waals surface area contributed by atoms with Gasteiger partial charge < -0.3 is 10.1 Å². The van der Waals surface area contributed by atoms with Crippen LogP contribution in [-0.2, 0) is 16.0 Å². The van der Waals surface area contributed by atoms with E-state index in [0.717, 1.165) is 16.5 Å². The lowest BCUT2D eigenvalue weighted by molar-refractivity contribution is -0.119. The Bertz CT molecular complexity index is 734. The lowest BCUT2D eigenvalue weighted by Crippen LogP contribution is -2.21.